The van der Waals surface area contributed by atoms with Crippen molar-refractivity contribution in [3.05, 3.63) is 29.3 Å². The number of nitrogens with two attached hydrogens (primary N) is 1. The molecular weight excluding hydrogens is 327 g/mol. The van der Waals surface area contributed by atoms with E-state index in [0.29, 0.717) is 12.5 Å². The van der Waals surface area contributed by atoms with Crippen LogP contribution in [0.2, 0.25) is 0 Å². The van der Waals surface area contributed by atoms with Crippen LogP contribution in [-0.2, 0) is 16.4 Å². The lowest BCUT2D eigenvalue weighted by Crippen LogP contribution is -2.31. The van der Waals surface area contributed by atoms with Crippen LogP contribution in [0.5, 0.6) is 0 Å². The number of hydrogen-bond donors (Lipinski definition) is 3. The SMILES string of the molecule is CCCNS(=O)(=O)Nc1ccc(C(F)(F)F)cc1C(N)=S. The van der Waals surface area contributed by atoms with Crippen LogP contribution in [0.3, 0.4) is 0 Å². The van der Waals surface area contributed by atoms with Gasteiger partial charge in [0.2, 0.25) is 0 Å². The molecule has 0 fully saturated rings. The van der Waals surface area contributed by atoms with Gasteiger partial charge in [0.05, 0.1) is 11.3 Å². The molecule has 0 bridgehead atoms. The van der Waals surface area contributed by atoms with Gasteiger partial charge in [-0.05, 0) is 24.6 Å². The van der Waals surface area contributed by atoms with Crippen molar-refractivity contribution < 1.29 is 21.6 Å². The Morgan fingerprint density at radius 3 is 2.48 bits per heavy atom. The minimum atomic E-state index is -4.57. The van der Waals surface area contributed by atoms with E-state index in [1.165, 1.54) is 0 Å². The first-order valence-electron chi connectivity index (χ1n) is 5.85. The summed E-state index contributed by atoms with van der Waals surface area (Å²) in [4.78, 5) is -0.339. The minimum Gasteiger partial charge on any atom is -0.389 e. The molecule has 0 aromatic heterocycles. The Hall–Kier alpha value is -1.39. The number of nitrogens with one attached hydrogen (secondary N) is 2. The maximum atomic E-state index is 12.6. The van der Waals surface area contributed by atoms with E-state index in [9.17, 15) is 21.6 Å². The second-order valence-electron chi connectivity index (χ2n) is 4.12. The molecule has 0 heterocycles. The molecule has 0 saturated heterocycles. The van der Waals surface area contributed by atoms with Crippen LogP contribution >= 0.6 is 12.2 Å². The molecule has 10 heteroatoms. The van der Waals surface area contributed by atoms with Crippen molar-refractivity contribution in [3.8, 4) is 0 Å². The highest BCUT2D eigenvalue weighted by Gasteiger charge is 2.31. The molecule has 5 nitrogen and oxygen atoms in total. The molecule has 1 aromatic carbocycles. The Morgan fingerprint density at radius 2 is 2.00 bits per heavy atom. The van der Waals surface area contributed by atoms with Crippen molar-refractivity contribution in [2.24, 2.45) is 5.73 Å². The van der Waals surface area contributed by atoms with Gasteiger partial charge in [-0.1, -0.05) is 19.1 Å². The molecule has 0 radical (unpaired) electrons. The summed E-state index contributed by atoms with van der Waals surface area (Å²) >= 11 is 4.66. The summed E-state index contributed by atoms with van der Waals surface area (Å²) in [5.74, 6) is 0. The van der Waals surface area contributed by atoms with E-state index >= 15 is 0 Å². The number of alkyl halides is 3. The Balaban J connectivity index is 3.17. The van der Waals surface area contributed by atoms with Gasteiger partial charge in [0, 0.05) is 12.1 Å². The molecule has 0 atom stereocenters. The van der Waals surface area contributed by atoms with Crippen molar-refractivity contribution in [3.63, 3.8) is 0 Å². The predicted molar refractivity (Wildman–Crippen MR) is 78.2 cm³/mol. The molecule has 0 aliphatic rings. The molecule has 21 heavy (non-hydrogen) atoms. The lowest BCUT2D eigenvalue weighted by molar-refractivity contribution is -0.137. The zero-order chi connectivity index (χ0) is 16.3. The number of hydrogen-bond acceptors (Lipinski definition) is 3. The van der Waals surface area contributed by atoms with Gasteiger partial charge >= 0.3 is 6.18 Å². The minimum absolute atomic E-state index is 0.112. The highest BCUT2D eigenvalue weighted by molar-refractivity contribution is 7.90. The summed E-state index contributed by atoms with van der Waals surface area (Å²) in [7, 11) is -3.90. The third-order valence-corrected chi connectivity index (χ3v) is 3.69. The average molecular weight is 341 g/mol. The van der Waals surface area contributed by atoms with Gasteiger partial charge in [0.15, 0.2) is 0 Å². The van der Waals surface area contributed by atoms with Crippen LogP contribution in [-0.4, -0.2) is 20.0 Å². The fourth-order valence-electron chi connectivity index (χ4n) is 1.43. The molecule has 0 aliphatic carbocycles. The first-order valence-corrected chi connectivity index (χ1v) is 7.74. The Kier molecular flexibility index (Phi) is 5.54. The van der Waals surface area contributed by atoms with E-state index in [0.717, 1.165) is 12.1 Å². The van der Waals surface area contributed by atoms with Crippen LogP contribution < -0.4 is 15.2 Å². The van der Waals surface area contributed by atoms with Crippen molar-refractivity contribution in [1.29, 1.82) is 0 Å². The standard InChI is InChI=1S/C11H14F3N3O2S2/c1-2-5-16-21(18,19)17-9-4-3-7(11(12,13)14)6-8(9)10(15)20/h3-4,6,16-17H,2,5H2,1H3,(H2,15,20). The largest absolute Gasteiger partial charge is 0.416 e. The van der Waals surface area contributed by atoms with Gasteiger partial charge in [0.1, 0.15) is 4.99 Å². The van der Waals surface area contributed by atoms with Gasteiger partial charge in [-0.3, -0.25) is 4.72 Å². The van der Waals surface area contributed by atoms with E-state index in [1.54, 1.807) is 6.92 Å². The number of benzene rings is 1. The number of anilines is 1. The van der Waals surface area contributed by atoms with Gasteiger partial charge in [0.25, 0.3) is 10.2 Å². The molecule has 0 unspecified atom stereocenters. The average Bonchev–Trinajstić information content (AvgIpc) is 2.34. The molecule has 118 valence electrons. The molecule has 1 aromatic rings. The van der Waals surface area contributed by atoms with Crippen LogP contribution in [0.1, 0.15) is 24.5 Å². The molecule has 1 rings (SSSR count). The third kappa shape index (κ3) is 5.14. The van der Waals surface area contributed by atoms with Gasteiger partial charge < -0.3 is 5.73 Å². The van der Waals surface area contributed by atoms with Crippen molar-refractivity contribution >= 4 is 33.1 Å². The summed E-state index contributed by atoms with van der Waals surface area (Å²) in [6, 6.07) is 2.43. The predicted octanol–water partition coefficient (Wildman–Crippen LogP) is 2.00. The zero-order valence-electron chi connectivity index (χ0n) is 11.0. The topological polar surface area (TPSA) is 84.2 Å². The molecule has 0 spiro atoms. The second kappa shape index (κ2) is 6.58. The van der Waals surface area contributed by atoms with Crippen molar-refractivity contribution in [2.45, 2.75) is 19.5 Å². The van der Waals surface area contributed by atoms with Crippen LogP contribution in [0.15, 0.2) is 18.2 Å². The van der Waals surface area contributed by atoms with Gasteiger partial charge in [-0.2, -0.15) is 26.3 Å². The lowest BCUT2D eigenvalue weighted by Gasteiger charge is -2.14. The fraction of sp³-hybridized carbons (Fsp3) is 0.364. The molecule has 0 aliphatic heterocycles. The summed E-state index contributed by atoms with van der Waals surface area (Å²) < 4.78 is 65.6. The Morgan fingerprint density at radius 1 is 1.38 bits per heavy atom. The van der Waals surface area contributed by atoms with Crippen LogP contribution in [0.4, 0.5) is 18.9 Å². The molecule has 0 amide bonds. The fourth-order valence-corrected chi connectivity index (χ4v) is 2.61. The zero-order valence-corrected chi connectivity index (χ0v) is 12.6. The number of rotatable bonds is 6. The summed E-state index contributed by atoms with van der Waals surface area (Å²) in [6.07, 6.45) is -4.01. The van der Waals surface area contributed by atoms with Crippen molar-refractivity contribution in [2.75, 3.05) is 11.3 Å². The first kappa shape index (κ1) is 17.7. The van der Waals surface area contributed by atoms with Gasteiger partial charge in [-0.25, -0.2) is 0 Å². The maximum absolute atomic E-state index is 12.6. The van der Waals surface area contributed by atoms with Crippen molar-refractivity contribution in [1.82, 2.24) is 4.72 Å². The van der Waals surface area contributed by atoms with Gasteiger partial charge in [-0.15, -0.1) is 0 Å². The van der Waals surface area contributed by atoms with E-state index in [2.05, 4.69) is 21.7 Å². The summed E-state index contributed by atoms with van der Waals surface area (Å²) in [6.45, 7) is 1.96. The highest BCUT2D eigenvalue weighted by Crippen LogP contribution is 2.32. The smallest absolute Gasteiger partial charge is 0.389 e. The Bertz CT molecular complexity index is 630. The second-order valence-corrected chi connectivity index (χ2v) is 6.06. The summed E-state index contributed by atoms with van der Waals surface area (Å²) in [5, 5.41) is 0. The van der Waals surface area contributed by atoms with E-state index < -0.39 is 21.9 Å². The van der Waals surface area contributed by atoms with Crippen LogP contribution in [0.25, 0.3) is 0 Å². The lowest BCUT2D eigenvalue weighted by atomic mass is 10.1. The molecule has 0 saturated carbocycles. The Labute approximate surface area is 125 Å². The quantitative estimate of drug-likeness (QED) is 0.691. The van der Waals surface area contributed by atoms with Crippen LogP contribution in [0, 0.1) is 0 Å². The normalized spacial score (nSPS) is 12.2. The summed E-state index contributed by atoms with van der Waals surface area (Å²) in [5.41, 5.74) is 4.09. The number of thiocarbonyl (C=S) groups is 1. The van der Waals surface area contributed by atoms with E-state index in [-0.39, 0.29) is 22.8 Å². The highest BCUT2D eigenvalue weighted by atomic mass is 32.2. The molecular formula is C11H14F3N3O2S2. The third-order valence-electron chi connectivity index (χ3n) is 2.40. The van der Waals surface area contributed by atoms with E-state index in [4.69, 9.17) is 5.73 Å². The monoisotopic (exact) mass is 341 g/mol. The number of halogens is 3. The molecule has 4 N–H and O–H groups in total. The first-order chi connectivity index (χ1) is 9.57. The van der Waals surface area contributed by atoms with E-state index in [1.807, 2.05) is 0 Å². The maximum Gasteiger partial charge on any atom is 0.416 e.